The number of aromatic nitrogens is 2. The van der Waals surface area contributed by atoms with Crippen molar-refractivity contribution in [1.29, 1.82) is 5.41 Å². The van der Waals surface area contributed by atoms with Crippen LogP contribution in [-0.2, 0) is 9.53 Å². The molecule has 3 rings (SSSR count). The number of amidine groups is 1. The summed E-state index contributed by atoms with van der Waals surface area (Å²) in [5.41, 5.74) is 8.07. The number of ether oxygens (including phenoxy) is 1. The van der Waals surface area contributed by atoms with Crippen LogP contribution in [-0.4, -0.2) is 42.0 Å². The summed E-state index contributed by atoms with van der Waals surface area (Å²) in [5, 5.41) is 7.45. The second kappa shape index (κ2) is 8.03. The van der Waals surface area contributed by atoms with Crippen LogP contribution < -0.4 is 10.6 Å². The summed E-state index contributed by atoms with van der Waals surface area (Å²) < 4.78 is 4.71. The third-order valence-electron chi connectivity index (χ3n) is 4.95. The number of nitrogens with one attached hydrogen (secondary N) is 2. The van der Waals surface area contributed by atoms with Crippen molar-refractivity contribution in [3.05, 3.63) is 36.0 Å². The topological polar surface area (TPSA) is 108 Å². The number of H-pyrrole nitrogens is 1. The summed E-state index contributed by atoms with van der Waals surface area (Å²) in [7, 11) is 1.44. The molecule has 0 atom stereocenters. The van der Waals surface area contributed by atoms with Crippen molar-refractivity contribution in [3.8, 4) is 11.3 Å². The molecule has 1 aliphatic rings. The van der Waals surface area contributed by atoms with Crippen LogP contribution in [0.15, 0.2) is 30.5 Å². The Balaban J connectivity index is 1.57. The standard InChI is InChI=1S/C19H25N5O2/c1-26-17(25)7-2-13-8-10-24(11-9-13)19-22-12-16(23-19)14-3-5-15(6-4-14)18(20)21/h3-6,12-13H,2,7-11H2,1H3,(H3,20,21)(H,22,23). The number of piperidine rings is 1. The highest BCUT2D eigenvalue weighted by Gasteiger charge is 2.22. The molecule has 138 valence electrons. The van der Waals surface area contributed by atoms with Crippen molar-refractivity contribution >= 4 is 17.8 Å². The minimum absolute atomic E-state index is 0.0642. The van der Waals surface area contributed by atoms with Gasteiger partial charge >= 0.3 is 5.97 Å². The molecular formula is C19H25N5O2. The number of hydrogen-bond donors (Lipinski definition) is 3. The fourth-order valence-corrected chi connectivity index (χ4v) is 3.30. The van der Waals surface area contributed by atoms with Gasteiger partial charge in [-0.3, -0.25) is 10.2 Å². The minimum Gasteiger partial charge on any atom is -0.469 e. The number of nitrogen functional groups attached to an aromatic ring is 1. The number of carbonyl (C=O) groups excluding carboxylic acids is 1. The van der Waals surface area contributed by atoms with E-state index in [-0.39, 0.29) is 11.8 Å². The fraction of sp³-hybridized carbons (Fsp3) is 0.421. The molecule has 0 unspecified atom stereocenters. The number of imidazole rings is 1. The van der Waals surface area contributed by atoms with E-state index in [0.29, 0.717) is 17.9 Å². The average molecular weight is 355 g/mol. The summed E-state index contributed by atoms with van der Waals surface area (Å²) in [6, 6.07) is 7.52. The number of hydrogen-bond acceptors (Lipinski definition) is 5. The molecule has 7 nitrogen and oxygen atoms in total. The van der Waals surface area contributed by atoms with Gasteiger partial charge in [0.1, 0.15) is 5.84 Å². The van der Waals surface area contributed by atoms with Gasteiger partial charge in [0.15, 0.2) is 0 Å². The normalized spacial score (nSPS) is 15.0. The van der Waals surface area contributed by atoms with Gasteiger partial charge in [0.25, 0.3) is 0 Å². The Hall–Kier alpha value is -2.83. The van der Waals surface area contributed by atoms with Crippen molar-refractivity contribution in [1.82, 2.24) is 9.97 Å². The third kappa shape index (κ3) is 4.22. The predicted molar refractivity (Wildman–Crippen MR) is 101 cm³/mol. The monoisotopic (exact) mass is 355 g/mol. The highest BCUT2D eigenvalue weighted by Crippen LogP contribution is 2.26. The van der Waals surface area contributed by atoms with Gasteiger partial charge in [0.05, 0.1) is 12.8 Å². The van der Waals surface area contributed by atoms with Gasteiger partial charge in [-0.2, -0.15) is 0 Å². The molecule has 0 aliphatic carbocycles. The fourth-order valence-electron chi connectivity index (χ4n) is 3.30. The molecule has 0 amide bonds. The number of benzene rings is 1. The van der Waals surface area contributed by atoms with Crippen LogP contribution >= 0.6 is 0 Å². The summed E-state index contributed by atoms with van der Waals surface area (Å²) in [4.78, 5) is 21.5. The Bertz CT molecular complexity index is 760. The zero-order valence-corrected chi connectivity index (χ0v) is 15.0. The maximum absolute atomic E-state index is 11.3. The number of carbonyl (C=O) groups is 1. The van der Waals surface area contributed by atoms with Gasteiger partial charge in [-0.1, -0.05) is 24.3 Å². The number of anilines is 1. The zero-order chi connectivity index (χ0) is 18.5. The Morgan fingerprint density at radius 2 is 2.04 bits per heavy atom. The Labute approximate surface area is 153 Å². The number of rotatable bonds is 6. The largest absolute Gasteiger partial charge is 0.469 e. The van der Waals surface area contributed by atoms with E-state index in [0.717, 1.165) is 49.6 Å². The van der Waals surface area contributed by atoms with Crippen molar-refractivity contribution in [2.45, 2.75) is 25.7 Å². The molecule has 26 heavy (non-hydrogen) atoms. The first kappa shape index (κ1) is 18.0. The highest BCUT2D eigenvalue weighted by atomic mass is 16.5. The number of esters is 1. The van der Waals surface area contributed by atoms with E-state index in [1.165, 1.54) is 7.11 Å². The molecule has 7 heteroatoms. The molecule has 1 aromatic carbocycles. The SMILES string of the molecule is COC(=O)CCC1CCN(c2nc(-c3ccc(C(=N)N)cc3)c[nH]2)CC1. The van der Waals surface area contributed by atoms with Crippen LogP contribution in [0.4, 0.5) is 5.95 Å². The van der Waals surface area contributed by atoms with E-state index in [9.17, 15) is 4.79 Å². The molecule has 0 spiro atoms. The van der Waals surface area contributed by atoms with E-state index < -0.39 is 0 Å². The minimum atomic E-state index is -0.126. The van der Waals surface area contributed by atoms with Gasteiger partial charge in [0, 0.05) is 36.8 Å². The quantitative estimate of drug-likeness (QED) is 0.419. The molecule has 4 N–H and O–H groups in total. The van der Waals surface area contributed by atoms with Crippen molar-refractivity contribution in [2.24, 2.45) is 11.7 Å². The maximum atomic E-state index is 11.3. The third-order valence-corrected chi connectivity index (χ3v) is 4.95. The molecule has 1 saturated heterocycles. The van der Waals surface area contributed by atoms with Crippen LogP contribution in [0.3, 0.4) is 0 Å². The average Bonchev–Trinajstić information content (AvgIpc) is 3.16. The van der Waals surface area contributed by atoms with Gasteiger partial charge in [0.2, 0.25) is 5.95 Å². The van der Waals surface area contributed by atoms with Gasteiger partial charge in [-0.15, -0.1) is 0 Å². The lowest BCUT2D eigenvalue weighted by atomic mass is 9.92. The second-order valence-electron chi connectivity index (χ2n) is 6.65. The Morgan fingerprint density at radius 1 is 1.35 bits per heavy atom. The number of nitrogens with two attached hydrogens (primary N) is 1. The molecule has 0 radical (unpaired) electrons. The second-order valence-corrected chi connectivity index (χ2v) is 6.65. The van der Waals surface area contributed by atoms with E-state index in [2.05, 4.69) is 9.88 Å². The van der Waals surface area contributed by atoms with Crippen LogP contribution in [0.5, 0.6) is 0 Å². The Kier molecular flexibility index (Phi) is 5.55. The first-order chi connectivity index (χ1) is 12.6. The summed E-state index contributed by atoms with van der Waals surface area (Å²) in [6.07, 6.45) is 5.41. The molecular weight excluding hydrogens is 330 g/mol. The molecule has 1 aromatic heterocycles. The summed E-state index contributed by atoms with van der Waals surface area (Å²) >= 11 is 0. The first-order valence-corrected chi connectivity index (χ1v) is 8.89. The molecule has 2 aromatic rings. The lowest BCUT2D eigenvalue weighted by Gasteiger charge is -2.31. The maximum Gasteiger partial charge on any atom is 0.305 e. The Morgan fingerprint density at radius 3 is 2.65 bits per heavy atom. The summed E-state index contributed by atoms with van der Waals surface area (Å²) in [5.74, 6) is 1.38. The first-order valence-electron chi connectivity index (χ1n) is 8.89. The van der Waals surface area contributed by atoms with Crippen LogP contribution in [0.25, 0.3) is 11.3 Å². The predicted octanol–water partition coefficient (Wildman–Crippen LogP) is 2.53. The van der Waals surface area contributed by atoms with Gasteiger partial charge in [-0.05, 0) is 25.2 Å². The van der Waals surface area contributed by atoms with Crippen molar-refractivity contribution < 1.29 is 9.53 Å². The molecule has 0 bridgehead atoms. The summed E-state index contributed by atoms with van der Waals surface area (Å²) in [6.45, 7) is 1.87. The lowest BCUT2D eigenvalue weighted by molar-refractivity contribution is -0.141. The highest BCUT2D eigenvalue weighted by molar-refractivity contribution is 5.95. The van der Waals surface area contributed by atoms with Gasteiger partial charge in [-0.25, -0.2) is 4.98 Å². The molecule has 2 heterocycles. The number of methoxy groups -OCH3 is 1. The van der Waals surface area contributed by atoms with Crippen molar-refractivity contribution in [3.63, 3.8) is 0 Å². The lowest BCUT2D eigenvalue weighted by Crippen LogP contribution is -2.34. The smallest absolute Gasteiger partial charge is 0.305 e. The van der Waals surface area contributed by atoms with Crippen molar-refractivity contribution in [2.75, 3.05) is 25.1 Å². The van der Waals surface area contributed by atoms with E-state index >= 15 is 0 Å². The van der Waals surface area contributed by atoms with Gasteiger partial charge < -0.3 is 20.4 Å². The number of aromatic amines is 1. The van der Waals surface area contributed by atoms with E-state index in [1.54, 1.807) is 0 Å². The number of nitrogens with zero attached hydrogens (tertiary/aromatic N) is 2. The van der Waals surface area contributed by atoms with Crippen LogP contribution in [0.2, 0.25) is 0 Å². The van der Waals surface area contributed by atoms with E-state index in [1.807, 2.05) is 30.5 Å². The van der Waals surface area contributed by atoms with E-state index in [4.69, 9.17) is 20.9 Å². The van der Waals surface area contributed by atoms with Crippen LogP contribution in [0.1, 0.15) is 31.2 Å². The molecule has 0 saturated carbocycles. The molecule has 1 aliphatic heterocycles. The zero-order valence-electron chi connectivity index (χ0n) is 15.0. The van der Waals surface area contributed by atoms with Crippen LogP contribution in [0, 0.1) is 11.3 Å². The molecule has 1 fully saturated rings.